The van der Waals surface area contributed by atoms with Crippen LogP contribution in [0.1, 0.15) is 0 Å². The number of rotatable bonds is 2. The summed E-state index contributed by atoms with van der Waals surface area (Å²) < 4.78 is 38.8. The number of hydrazone groups is 1. The van der Waals surface area contributed by atoms with Gasteiger partial charge in [0, 0.05) is 6.21 Å². The number of nitrogens with zero attached hydrogens (tertiary/aromatic N) is 2. The lowest BCUT2D eigenvalue weighted by Gasteiger charge is -2.24. The van der Waals surface area contributed by atoms with Crippen LogP contribution in [0, 0.1) is 17.5 Å². The fourth-order valence-electron chi connectivity index (χ4n) is 1.22. The fourth-order valence-corrected chi connectivity index (χ4v) is 1.22. The van der Waals surface area contributed by atoms with E-state index in [2.05, 4.69) is 16.0 Å². The van der Waals surface area contributed by atoms with Crippen molar-refractivity contribution in [2.45, 2.75) is 0 Å². The Morgan fingerprint density at radius 1 is 1.29 bits per heavy atom. The maximum absolute atomic E-state index is 13.3. The second-order valence-electron chi connectivity index (χ2n) is 3.17. The summed E-state index contributed by atoms with van der Waals surface area (Å²) in [7, 11) is 0. The van der Waals surface area contributed by atoms with E-state index in [9.17, 15) is 18.0 Å². The molecule has 8 heteroatoms. The molecule has 0 aromatic heterocycles. The van der Waals surface area contributed by atoms with Gasteiger partial charge < -0.3 is 0 Å². The molecule has 1 aliphatic heterocycles. The van der Waals surface area contributed by atoms with Crippen LogP contribution in [-0.2, 0) is 0 Å². The number of urea groups is 1. The third-order valence-electron chi connectivity index (χ3n) is 2.05. The minimum Gasteiger partial charge on any atom is -0.291 e. The number of amides is 2. The Bertz CT molecular complexity index is 491. The average molecular weight is 244 g/mol. The van der Waals surface area contributed by atoms with E-state index in [1.165, 1.54) is 6.21 Å². The first-order chi connectivity index (χ1) is 8.09. The van der Waals surface area contributed by atoms with Crippen LogP contribution in [0.15, 0.2) is 17.2 Å². The number of hydrogen-bond donors (Lipinski definition) is 2. The number of benzene rings is 1. The lowest BCUT2D eigenvalue weighted by molar-refractivity contribution is 0.212. The molecule has 0 unspecified atom stereocenters. The van der Waals surface area contributed by atoms with Gasteiger partial charge in [-0.3, -0.25) is 5.43 Å². The lowest BCUT2D eigenvalue weighted by atomic mass is 10.3. The maximum atomic E-state index is 13.3. The molecule has 0 atom stereocenters. The van der Waals surface area contributed by atoms with E-state index in [0.29, 0.717) is 0 Å². The van der Waals surface area contributed by atoms with E-state index in [-0.39, 0.29) is 12.2 Å². The number of anilines is 1. The third kappa shape index (κ3) is 2.14. The van der Waals surface area contributed by atoms with Crippen molar-refractivity contribution < 1.29 is 18.0 Å². The predicted octanol–water partition coefficient (Wildman–Crippen LogP) is 1.44. The highest BCUT2D eigenvalue weighted by Crippen LogP contribution is 2.20. The van der Waals surface area contributed by atoms with Crippen molar-refractivity contribution in [3.05, 3.63) is 29.6 Å². The van der Waals surface area contributed by atoms with Crippen molar-refractivity contribution in [2.75, 3.05) is 12.0 Å². The second kappa shape index (κ2) is 4.32. The molecule has 0 fully saturated rings. The van der Waals surface area contributed by atoms with E-state index in [0.717, 1.165) is 17.1 Å². The summed E-state index contributed by atoms with van der Waals surface area (Å²) in [5, 5.41) is 4.43. The lowest BCUT2D eigenvalue weighted by Crippen LogP contribution is -2.46. The summed E-state index contributed by atoms with van der Waals surface area (Å²) >= 11 is 0. The number of halogens is 3. The van der Waals surface area contributed by atoms with Crippen molar-refractivity contribution in [3.63, 3.8) is 0 Å². The first kappa shape index (κ1) is 11.2. The molecule has 2 N–H and O–H groups in total. The van der Waals surface area contributed by atoms with E-state index in [1.54, 1.807) is 0 Å². The Morgan fingerprint density at radius 3 is 2.76 bits per heavy atom. The van der Waals surface area contributed by atoms with Crippen LogP contribution in [0.3, 0.4) is 0 Å². The average Bonchev–Trinajstić information content (AvgIpc) is 2.32. The summed E-state index contributed by atoms with van der Waals surface area (Å²) in [6, 6.07) is 1.13. The number of hydrazine groups is 1. The smallest absolute Gasteiger partial charge is 0.291 e. The van der Waals surface area contributed by atoms with Crippen LogP contribution >= 0.6 is 0 Å². The van der Waals surface area contributed by atoms with Crippen LogP contribution in [0.4, 0.5) is 23.7 Å². The molecule has 1 heterocycles. The van der Waals surface area contributed by atoms with Gasteiger partial charge in [0.15, 0.2) is 17.5 Å². The normalized spacial score (nSPS) is 14.8. The molecule has 1 aromatic carbocycles. The molecule has 0 bridgehead atoms. The molecule has 17 heavy (non-hydrogen) atoms. The molecule has 1 aliphatic rings. The molecule has 2 rings (SSSR count). The fraction of sp³-hybridized carbons (Fsp3) is 0.111. The van der Waals surface area contributed by atoms with Gasteiger partial charge in [-0.25, -0.2) is 28.4 Å². The zero-order chi connectivity index (χ0) is 12.4. The van der Waals surface area contributed by atoms with Crippen molar-refractivity contribution in [1.29, 1.82) is 0 Å². The van der Waals surface area contributed by atoms with Crippen LogP contribution < -0.4 is 10.9 Å². The molecule has 90 valence electrons. The van der Waals surface area contributed by atoms with Gasteiger partial charge in [-0.05, 0) is 12.1 Å². The second-order valence-corrected chi connectivity index (χ2v) is 3.17. The summed E-state index contributed by atoms with van der Waals surface area (Å²) in [6.45, 7) is 0.0737. The SMILES string of the molecule is O=C1NN=CCN1Nc1ccc(F)c(F)c1F. The highest BCUT2D eigenvalue weighted by Gasteiger charge is 2.19. The van der Waals surface area contributed by atoms with Crippen molar-refractivity contribution in [3.8, 4) is 0 Å². The van der Waals surface area contributed by atoms with Gasteiger partial charge >= 0.3 is 6.03 Å². The van der Waals surface area contributed by atoms with Gasteiger partial charge in [-0.15, -0.1) is 0 Å². The molecule has 0 spiro atoms. The Morgan fingerprint density at radius 2 is 2.06 bits per heavy atom. The minimum atomic E-state index is -1.60. The monoisotopic (exact) mass is 244 g/mol. The van der Waals surface area contributed by atoms with Gasteiger partial charge in [0.2, 0.25) is 0 Å². The summed E-state index contributed by atoms with van der Waals surface area (Å²) in [5.41, 5.74) is 4.08. The number of carbonyl (C=O) groups is 1. The highest BCUT2D eigenvalue weighted by molar-refractivity contribution is 5.82. The molecule has 5 nitrogen and oxygen atoms in total. The molecule has 0 saturated carbocycles. The molecule has 0 saturated heterocycles. The Balaban J connectivity index is 2.22. The summed E-state index contributed by atoms with van der Waals surface area (Å²) in [5.74, 6) is -4.28. The van der Waals surface area contributed by atoms with Gasteiger partial charge in [0.1, 0.15) is 0 Å². The predicted molar refractivity (Wildman–Crippen MR) is 53.7 cm³/mol. The van der Waals surface area contributed by atoms with E-state index >= 15 is 0 Å². The molecule has 1 aromatic rings. The third-order valence-corrected chi connectivity index (χ3v) is 2.05. The van der Waals surface area contributed by atoms with Crippen LogP contribution in [-0.4, -0.2) is 23.8 Å². The summed E-state index contributed by atoms with van der Waals surface area (Å²) in [4.78, 5) is 11.2. The van der Waals surface area contributed by atoms with Crippen LogP contribution in [0.5, 0.6) is 0 Å². The maximum Gasteiger partial charge on any atom is 0.356 e. The van der Waals surface area contributed by atoms with Crippen molar-refractivity contribution in [1.82, 2.24) is 10.4 Å². The van der Waals surface area contributed by atoms with E-state index < -0.39 is 23.5 Å². The highest BCUT2D eigenvalue weighted by atomic mass is 19.2. The first-order valence-corrected chi connectivity index (χ1v) is 4.59. The minimum absolute atomic E-state index is 0.0737. The first-order valence-electron chi connectivity index (χ1n) is 4.59. The Kier molecular flexibility index (Phi) is 2.86. The van der Waals surface area contributed by atoms with Crippen molar-refractivity contribution in [2.24, 2.45) is 5.10 Å². The van der Waals surface area contributed by atoms with Crippen LogP contribution in [0.25, 0.3) is 0 Å². The molecule has 2 amide bonds. The molecular formula is C9H7F3N4O. The largest absolute Gasteiger partial charge is 0.356 e. The zero-order valence-corrected chi connectivity index (χ0v) is 8.38. The number of nitrogens with one attached hydrogen (secondary N) is 2. The van der Waals surface area contributed by atoms with Crippen molar-refractivity contribution >= 4 is 17.9 Å². The summed E-state index contributed by atoms with van der Waals surface area (Å²) in [6.07, 6.45) is 1.35. The topological polar surface area (TPSA) is 56.7 Å². The molecule has 0 radical (unpaired) electrons. The van der Waals surface area contributed by atoms with E-state index in [4.69, 9.17) is 0 Å². The number of carbonyl (C=O) groups excluding carboxylic acids is 1. The number of hydrogen-bond acceptors (Lipinski definition) is 3. The van der Waals surface area contributed by atoms with Gasteiger partial charge in [-0.2, -0.15) is 5.10 Å². The Hall–Kier alpha value is -2.25. The standard InChI is InChI=1S/C9H7F3N4O/c10-5-1-2-6(8(12)7(5)11)15-16-4-3-13-14-9(16)17/h1-3,15H,4H2,(H,14,17). The Labute approximate surface area is 93.9 Å². The zero-order valence-electron chi connectivity index (χ0n) is 8.38. The molecular weight excluding hydrogens is 237 g/mol. The van der Waals surface area contributed by atoms with Crippen LogP contribution in [0.2, 0.25) is 0 Å². The van der Waals surface area contributed by atoms with Gasteiger partial charge in [0.05, 0.1) is 12.2 Å². The van der Waals surface area contributed by atoms with Gasteiger partial charge in [0.25, 0.3) is 0 Å². The van der Waals surface area contributed by atoms with E-state index in [1.807, 2.05) is 0 Å². The van der Waals surface area contributed by atoms with Gasteiger partial charge in [-0.1, -0.05) is 0 Å². The molecule has 0 aliphatic carbocycles. The quantitative estimate of drug-likeness (QED) is 0.773.